The van der Waals surface area contributed by atoms with Gasteiger partial charge < -0.3 is 10.1 Å². The van der Waals surface area contributed by atoms with Gasteiger partial charge in [0.2, 0.25) is 0 Å². The molecule has 3 unspecified atom stereocenters. The minimum Gasteiger partial charge on any atom is -0.372 e. The Balaban J connectivity index is 1.46. The molecule has 25 heavy (non-hydrogen) atoms. The highest BCUT2D eigenvalue weighted by molar-refractivity contribution is 6.32. The minimum absolute atomic E-state index is 0.290. The van der Waals surface area contributed by atoms with Gasteiger partial charge in [0.1, 0.15) is 11.5 Å². The molecular weight excluding hydrogens is 341 g/mol. The Labute approximate surface area is 151 Å². The third-order valence-corrected chi connectivity index (χ3v) is 6.11. The average Bonchev–Trinajstić information content (AvgIpc) is 3.03. The Kier molecular flexibility index (Phi) is 3.84. The van der Waals surface area contributed by atoms with E-state index in [4.69, 9.17) is 16.3 Å². The summed E-state index contributed by atoms with van der Waals surface area (Å²) < 4.78 is 22.3. The van der Waals surface area contributed by atoms with E-state index >= 15 is 0 Å². The molecule has 1 aromatic heterocycles. The van der Waals surface area contributed by atoms with Crippen LogP contribution >= 0.6 is 11.6 Å². The molecule has 5 rings (SSSR count). The lowest BCUT2D eigenvalue weighted by Crippen LogP contribution is -2.34. The van der Waals surface area contributed by atoms with Gasteiger partial charge in [0.25, 0.3) is 0 Å². The maximum atomic E-state index is 14.4. The quantitative estimate of drug-likeness (QED) is 0.880. The van der Waals surface area contributed by atoms with Crippen LogP contribution in [-0.2, 0) is 11.3 Å². The van der Waals surface area contributed by atoms with Gasteiger partial charge in [-0.3, -0.25) is 0 Å². The molecule has 1 aromatic carbocycles. The Morgan fingerprint density at radius 2 is 2.20 bits per heavy atom. The molecule has 4 nitrogen and oxygen atoms in total. The van der Waals surface area contributed by atoms with Crippen LogP contribution in [-0.4, -0.2) is 28.5 Å². The molecule has 3 fully saturated rings. The van der Waals surface area contributed by atoms with Gasteiger partial charge in [-0.2, -0.15) is 5.10 Å². The van der Waals surface area contributed by atoms with E-state index in [1.54, 1.807) is 16.8 Å². The fraction of sp³-hybridized carbons (Fsp3) is 0.526. The van der Waals surface area contributed by atoms with Crippen molar-refractivity contribution in [3.05, 3.63) is 46.5 Å². The molecule has 0 amide bonds. The predicted octanol–water partition coefficient (Wildman–Crippen LogP) is 3.81. The van der Waals surface area contributed by atoms with Crippen LogP contribution in [0.25, 0.3) is 5.69 Å². The monoisotopic (exact) mass is 361 g/mol. The molecule has 1 aliphatic heterocycles. The molecule has 3 atom stereocenters. The summed E-state index contributed by atoms with van der Waals surface area (Å²) in [5, 5.41) is 8.34. The Morgan fingerprint density at radius 3 is 2.88 bits per heavy atom. The zero-order valence-electron chi connectivity index (χ0n) is 13.9. The number of piperidine rings is 1. The predicted molar refractivity (Wildman–Crippen MR) is 93.6 cm³/mol. The molecule has 2 aromatic rings. The summed E-state index contributed by atoms with van der Waals surface area (Å²) in [6, 6.07) is 5.34. The first kappa shape index (κ1) is 15.8. The largest absolute Gasteiger partial charge is 0.372 e. The van der Waals surface area contributed by atoms with Crippen LogP contribution in [0.5, 0.6) is 0 Å². The molecule has 2 bridgehead atoms. The molecule has 1 saturated heterocycles. The van der Waals surface area contributed by atoms with Gasteiger partial charge in [0.15, 0.2) is 0 Å². The number of para-hydroxylation sites is 1. The maximum Gasteiger partial charge on any atom is 0.150 e. The lowest BCUT2D eigenvalue weighted by molar-refractivity contribution is 0.00684. The Hall–Kier alpha value is -1.43. The van der Waals surface area contributed by atoms with E-state index in [0.29, 0.717) is 35.2 Å². The number of benzene rings is 1. The van der Waals surface area contributed by atoms with Crippen molar-refractivity contribution in [2.24, 2.45) is 5.92 Å². The third-order valence-electron chi connectivity index (χ3n) is 5.80. The van der Waals surface area contributed by atoms with Gasteiger partial charge in [-0.1, -0.05) is 17.7 Å². The van der Waals surface area contributed by atoms with Crippen LogP contribution < -0.4 is 5.32 Å². The fourth-order valence-corrected chi connectivity index (χ4v) is 4.57. The van der Waals surface area contributed by atoms with Gasteiger partial charge in [-0.25, -0.2) is 9.07 Å². The Morgan fingerprint density at radius 1 is 1.32 bits per heavy atom. The first-order valence-electron chi connectivity index (χ1n) is 9.07. The molecule has 0 spiro atoms. The second kappa shape index (κ2) is 6.08. The van der Waals surface area contributed by atoms with Crippen LogP contribution in [0.15, 0.2) is 24.4 Å². The van der Waals surface area contributed by atoms with Crippen LogP contribution in [0.2, 0.25) is 5.02 Å². The molecule has 2 saturated carbocycles. The van der Waals surface area contributed by atoms with Gasteiger partial charge in [0.05, 0.1) is 29.6 Å². The standard InChI is InChI=1S/C19H21ClFN3O/c20-15-2-1-3-16(21)19(15)24-17(14(9-23-24)11-4-5-11)10-25-18-7-13-6-12(18)8-22-13/h1-3,9,11-13,18,22H,4-8,10H2. The van der Waals surface area contributed by atoms with Crippen LogP contribution in [0.4, 0.5) is 4.39 Å². The van der Waals surface area contributed by atoms with Gasteiger partial charge in [-0.15, -0.1) is 0 Å². The second-order valence-corrected chi connectivity index (χ2v) is 7.90. The van der Waals surface area contributed by atoms with Crippen molar-refractivity contribution in [1.29, 1.82) is 0 Å². The highest BCUT2D eigenvalue weighted by Gasteiger charge is 2.40. The fourth-order valence-electron chi connectivity index (χ4n) is 4.33. The molecule has 132 valence electrons. The van der Waals surface area contributed by atoms with Crippen molar-refractivity contribution in [2.45, 2.75) is 50.4 Å². The second-order valence-electron chi connectivity index (χ2n) is 7.49. The highest BCUT2D eigenvalue weighted by atomic mass is 35.5. The lowest BCUT2D eigenvalue weighted by Gasteiger charge is -2.23. The summed E-state index contributed by atoms with van der Waals surface area (Å²) in [6.45, 7) is 1.51. The molecule has 1 N–H and O–H groups in total. The number of hydrogen-bond donors (Lipinski definition) is 1. The number of ether oxygens (including phenoxy) is 1. The number of hydrogen-bond acceptors (Lipinski definition) is 3. The van der Waals surface area contributed by atoms with Crippen LogP contribution in [0, 0.1) is 11.7 Å². The number of nitrogens with one attached hydrogen (secondary N) is 1. The number of aromatic nitrogens is 2. The van der Waals surface area contributed by atoms with E-state index in [1.165, 1.54) is 30.9 Å². The average molecular weight is 362 g/mol. The van der Waals surface area contributed by atoms with Gasteiger partial charge in [-0.05, 0) is 55.2 Å². The SMILES string of the molecule is Fc1cccc(Cl)c1-n1ncc(C2CC2)c1COC1CC2CC1CN2. The zero-order valence-corrected chi connectivity index (χ0v) is 14.7. The highest BCUT2D eigenvalue weighted by Crippen LogP contribution is 2.43. The Bertz CT molecular complexity index is 784. The van der Waals surface area contributed by atoms with Gasteiger partial charge >= 0.3 is 0 Å². The maximum absolute atomic E-state index is 14.4. The van der Waals surface area contributed by atoms with Gasteiger partial charge in [0, 0.05) is 12.6 Å². The normalized spacial score (nSPS) is 28.0. The molecule has 0 radical (unpaired) electrons. The number of fused-ring (bicyclic) bond motifs is 2. The van der Waals surface area contributed by atoms with Crippen molar-refractivity contribution >= 4 is 11.6 Å². The smallest absolute Gasteiger partial charge is 0.150 e. The lowest BCUT2D eigenvalue weighted by atomic mass is 10.1. The zero-order chi connectivity index (χ0) is 17.0. The third kappa shape index (κ3) is 2.78. The van der Waals surface area contributed by atoms with E-state index in [0.717, 1.165) is 18.7 Å². The summed E-state index contributed by atoms with van der Waals surface area (Å²) >= 11 is 6.27. The van der Waals surface area contributed by atoms with Crippen molar-refractivity contribution in [3.8, 4) is 5.69 Å². The first-order chi connectivity index (χ1) is 12.2. The molecule has 6 heteroatoms. The summed E-state index contributed by atoms with van der Waals surface area (Å²) in [6.07, 6.45) is 6.76. The van der Waals surface area contributed by atoms with Crippen molar-refractivity contribution in [3.63, 3.8) is 0 Å². The minimum atomic E-state index is -0.358. The van der Waals surface area contributed by atoms with Crippen molar-refractivity contribution in [2.75, 3.05) is 6.54 Å². The summed E-state index contributed by atoms with van der Waals surface area (Å²) in [7, 11) is 0. The topological polar surface area (TPSA) is 39.1 Å². The molecule has 2 heterocycles. The van der Waals surface area contributed by atoms with E-state index in [2.05, 4.69) is 10.4 Å². The van der Waals surface area contributed by atoms with E-state index in [1.807, 2.05) is 6.20 Å². The molecule has 2 aliphatic carbocycles. The van der Waals surface area contributed by atoms with Crippen LogP contribution in [0.3, 0.4) is 0 Å². The summed E-state index contributed by atoms with van der Waals surface area (Å²) in [5.41, 5.74) is 2.45. The molecular formula is C19H21ClFN3O. The first-order valence-corrected chi connectivity index (χ1v) is 9.44. The van der Waals surface area contributed by atoms with Crippen molar-refractivity contribution < 1.29 is 9.13 Å². The molecule has 3 aliphatic rings. The number of rotatable bonds is 5. The van der Waals surface area contributed by atoms with Crippen molar-refractivity contribution in [1.82, 2.24) is 15.1 Å². The van der Waals surface area contributed by atoms with E-state index in [9.17, 15) is 4.39 Å². The summed E-state index contributed by atoms with van der Waals surface area (Å²) in [4.78, 5) is 0. The van der Waals surface area contributed by atoms with E-state index < -0.39 is 0 Å². The number of nitrogens with zero attached hydrogens (tertiary/aromatic N) is 2. The number of halogens is 2. The summed E-state index contributed by atoms with van der Waals surface area (Å²) in [5.74, 6) is 0.769. The van der Waals surface area contributed by atoms with Crippen LogP contribution in [0.1, 0.15) is 42.9 Å². The van der Waals surface area contributed by atoms with E-state index in [-0.39, 0.29) is 11.9 Å².